The number of rotatable bonds is 10. The highest BCUT2D eigenvalue weighted by Gasteiger charge is 2.10. The Labute approximate surface area is 209 Å². The van der Waals surface area contributed by atoms with Gasteiger partial charge < -0.3 is 20.1 Å². The Kier molecular flexibility index (Phi) is 9.26. The molecule has 0 spiro atoms. The van der Waals surface area contributed by atoms with Crippen LogP contribution in [0.1, 0.15) is 30.4 Å². The van der Waals surface area contributed by atoms with Crippen LogP contribution in [0.15, 0.2) is 66.7 Å². The minimum absolute atomic E-state index is 0.0321. The average molecular weight is 495 g/mol. The number of hydrogen-bond donors (Lipinski definition) is 2. The number of benzene rings is 3. The van der Waals surface area contributed by atoms with Gasteiger partial charge in [0.15, 0.2) is 6.61 Å². The summed E-state index contributed by atoms with van der Waals surface area (Å²) in [5.41, 5.74) is 3.42. The fraction of sp³-hybridized carbons (Fsp3) is 0.222. The molecule has 0 fully saturated rings. The van der Waals surface area contributed by atoms with Crippen molar-refractivity contribution in [3.63, 3.8) is 0 Å². The van der Waals surface area contributed by atoms with Crippen LogP contribution >= 0.6 is 11.6 Å². The van der Waals surface area contributed by atoms with Gasteiger partial charge in [-0.3, -0.25) is 14.4 Å². The van der Waals surface area contributed by atoms with Gasteiger partial charge in [-0.05, 0) is 92.1 Å². The summed E-state index contributed by atoms with van der Waals surface area (Å²) in [6, 6.07) is 19.6. The Balaban J connectivity index is 1.34. The van der Waals surface area contributed by atoms with E-state index in [4.69, 9.17) is 21.1 Å². The van der Waals surface area contributed by atoms with Crippen molar-refractivity contribution in [2.24, 2.45) is 0 Å². The summed E-state index contributed by atoms with van der Waals surface area (Å²) in [7, 11) is 0. The number of carbonyl (C=O) groups excluding carboxylic acids is 3. The molecule has 0 unspecified atom stereocenters. The van der Waals surface area contributed by atoms with Crippen LogP contribution in [0.25, 0.3) is 0 Å². The molecule has 0 aromatic heterocycles. The van der Waals surface area contributed by atoms with Gasteiger partial charge >= 0.3 is 5.97 Å². The second-order valence-corrected chi connectivity index (χ2v) is 8.50. The fourth-order valence-corrected chi connectivity index (χ4v) is 3.43. The molecule has 3 aromatic carbocycles. The Morgan fingerprint density at radius 1 is 0.743 bits per heavy atom. The molecular formula is C27H27ClN2O5. The number of amides is 2. The lowest BCUT2D eigenvalue weighted by atomic mass is 10.1. The molecule has 0 atom stereocenters. The van der Waals surface area contributed by atoms with Crippen molar-refractivity contribution in [1.82, 2.24) is 0 Å². The van der Waals surface area contributed by atoms with E-state index in [0.717, 1.165) is 16.9 Å². The van der Waals surface area contributed by atoms with E-state index in [9.17, 15) is 14.4 Å². The van der Waals surface area contributed by atoms with Crippen molar-refractivity contribution in [1.29, 1.82) is 0 Å². The maximum absolute atomic E-state index is 12.2. The molecule has 0 aliphatic carbocycles. The van der Waals surface area contributed by atoms with Gasteiger partial charge in [-0.1, -0.05) is 17.7 Å². The highest BCUT2D eigenvalue weighted by atomic mass is 35.5. The number of halogens is 1. The first-order valence-electron chi connectivity index (χ1n) is 11.1. The quantitative estimate of drug-likeness (QED) is 0.335. The van der Waals surface area contributed by atoms with Gasteiger partial charge in [0.05, 0.1) is 0 Å². The zero-order valence-corrected chi connectivity index (χ0v) is 20.4. The molecule has 0 heterocycles. The largest absolute Gasteiger partial charge is 0.457 e. The first-order valence-corrected chi connectivity index (χ1v) is 11.5. The van der Waals surface area contributed by atoms with E-state index in [2.05, 4.69) is 16.7 Å². The van der Waals surface area contributed by atoms with Gasteiger partial charge in [0.1, 0.15) is 11.5 Å². The van der Waals surface area contributed by atoms with E-state index < -0.39 is 18.5 Å². The molecule has 7 nitrogen and oxygen atoms in total. The Hall–Kier alpha value is -3.84. The zero-order valence-electron chi connectivity index (χ0n) is 19.6. The smallest absolute Gasteiger partial charge is 0.306 e. The van der Waals surface area contributed by atoms with E-state index in [0.29, 0.717) is 28.6 Å². The van der Waals surface area contributed by atoms with Gasteiger partial charge in [0.25, 0.3) is 5.91 Å². The Morgan fingerprint density at radius 3 is 1.94 bits per heavy atom. The summed E-state index contributed by atoms with van der Waals surface area (Å²) in [6.07, 6.45) is 0.481. The van der Waals surface area contributed by atoms with E-state index >= 15 is 0 Å². The first-order chi connectivity index (χ1) is 16.8. The molecule has 0 aliphatic rings. The fourth-order valence-electron chi connectivity index (χ4n) is 3.30. The van der Waals surface area contributed by atoms with Crippen LogP contribution in [0.2, 0.25) is 5.02 Å². The lowest BCUT2D eigenvalue weighted by Crippen LogP contribution is -2.21. The van der Waals surface area contributed by atoms with Crippen LogP contribution < -0.4 is 15.4 Å². The highest BCUT2D eigenvalue weighted by molar-refractivity contribution is 6.30. The standard InChI is InChI=1S/C27H27ClN2O5/c1-18-14-19(2)16-24(15-18)35-23-12-10-22(11-13-23)29-25(31)4-3-5-27(33)34-17-26(32)30-21-8-6-20(28)7-9-21/h6-16H,3-5,17H2,1-2H3,(H,29,31)(H,30,32). The first kappa shape index (κ1) is 25.8. The Bertz CT molecular complexity index is 1160. The normalized spacial score (nSPS) is 10.4. The van der Waals surface area contributed by atoms with Crippen molar-refractivity contribution in [3.8, 4) is 11.5 Å². The molecular weight excluding hydrogens is 468 g/mol. The van der Waals surface area contributed by atoms with Crippen LogP contribution in [-0.2, 0) is 19.1 Å². The maximum atomic E-state index is 12.2. The zero-order chi connectivity index (χ0) is 25.2. The van der Waals surface area contributed by atoms with Crippen LogP contribution in [0.3, 0.4) is 0 Å². The molecule has 2 amide bonds. The number of ether oxygens (including phenoxy) is 2. The van der Waals surface area contributed by atoms with Gasteiger partial charge in [0.2, 0.25) is 5.91 Å². The monoisotopic (exact) mass is 494 g/mol. The van der Waals surface area contributed by atoms with Crippen molar-refractivity contribution in [2.45, 2.75) is 33.1 Å². The predicted octanol–water partition coefficient (Wildman–Crippen LogP) is 6.04. The molecule has 35 heavy (non-hydrogen) atoms. The molecule has 182 valence electrons. The number of esters is 1. The van der Waals surface area contributed by atoms with E-state index in [-0.39, 0.29) is 18.7 Å². The molecule has 8 heteroatoms. The summed E-state index contributed by atoms with van der Waals surface area (Å²) in [4.78, 5) is 35.9. The summed E-state index contributed by atoms with van der Waals surface area (Å²) < 4.78 is 10.8. The number of hydrogen-bond acceptors (Lipinski definition) is 5. The second kappa shape index (κ2) is 12.6. The van der Waals surface area contributed by atoms with E-state index in [1.54, 1.807) is 48.5 Å². The lowest BCUT2D eigenvalue weighted by Gasteiger charge is -2.10. The summed E-state index contributed by atoms with van der Waals surface area (Å²) in [5, 5.41) is 5.94. The third-order valence-electron chi connectivity index (χ3n) is 4.85. The number of anilines is 2. The van der Waals surface area contributed by atoms with Crippen LogP contribution in [0.4, 0.5) is 11.4 Å². The summed E-state index contributed by atoms with van der Waals surface area (Å²) in [6.45, 7) is 3.62. The van der Waals surface area contributed by atoms with E-state index in [1.165, 1.54) is 0 Å². The number of aryl methyl sites for hydroxylation is 2. The maximum Gasteiger partial charge on any atom is 0.306 e. The third kappa shape index (κ3) is 9.14. The van der Waals surface area contributed by atoms with Crippen molar-refractivity contribution in [3.05, 3.63) is 82.9 Å². The molecule has 3 aromatic rings. The summed E-state index contributed by atoms with van der Waals surface area (Å²) >= 11 is 5.79. The minimum Gasteiger partial charge on any atom is -0.457 e. The van der Waals surface area contributed by atoms with Gasteiger partial charge in [-0.25, -0.2) is 0 Å². The minimum atomic E-state index is -0.544. The molecule has 0 saturated carbocycles. The van der Waals surface area contributed by atoms with Gasteiger partial charge in [-0.15, -0.1) is 0 Å². The van der Waals surface area contributed by atoms with Crippen molar-refractivity contribution in [2.75, 3.05) is 17.2 Å². The number of carbonyl (C=O) groups is 3. The Morgan fingerprint density at radius 2 is 1.31 bits per heavy atom. The second-order valence-electron chi connectivity index (χ2n) is 8.07. The topological polar surface area (TPSA) is 93.7 Å². The van der Waals surface area contributed by atoms with Crippen LogP contribution in [0, 0.1) is 13.8 Å². The molecule has 3 rings (SSSR count). The lowest BCUT2D eigenvalue weighted by molar-refractivity contribution is -0.147. The molecule has 0 saturated heterocycles. The SMILES string of the molecule is Cc1cc(C)cc(Oc2ccc(NC(=O)CCCC(=O)OCC(=O)Nc3ccc(Cl)cc3)cc2)c1. The van der Waals surface area contributed by atoms with Gasteiger partial charge in [0, 0.05) is 29.2 Å². The van der Waals surface area contributed by atoms with Crippen molar-refractivity contribution >= 4 is 40.8 Å². The van der Waals surface area contributed by atoms with Crippen LogP contribution in [-0.4, -0.2) is 24.4 Å². The van der Waals surface area contributed by atoms with E-state index in [1.807, 2.05) is 26.0 Å². The third-order valence-corrected chi connectivity index (χ3v) is 5.10. The van der Waals surface area contributed by atoms with Gasteiger partial charge in [-0.2, -0.15) is 0 Å². The number of nitrogens with one attached hydrogen (secondary N) is 2. The molecule has 0 aliphatic heterocycles. The predicted molar refractivity (Wildman–Crippen MR) is 136 cm³/mol. The van der Waals surface area contributed by atoms with Crippen LogP contribution in [0.5, 0.6) is 11.5 Å². The molecule has 0 radical (unpaired) electrons. The average Bonchev–Trinajstić information content (AvgIpc) is 2.80. The molecule has 2 N–H and O–H groups in total. The van der Waals surface area contributed by atoms with Crippen molar-refractivity contribution < 1.29 is 23.9 Å². The summed E-state index contributed by atoms with van der Waals surface area (Å²) in [5.74, 6) is 0.200. The highest BCUT2D eigenvalue weighted by Crippen LogP contribution is 2.25. The molecule has 0 bridgehead atoms.